The summed E-state index contributed by atoms with van der Waals surface area (Å²) in [5, 5.41) is 18.0. The second-order valence-electron chi connectivity index (χ2n) is 4.77. The van der Waals surface area contributed by atoms with Gasteiger partial charge in [-0.05, 0) is 29.8 Å². The van der Waals surface area contributed by atoms with Crippen LogP contribution in [-0.4, -0.2) is 35.4 Å². The third-order valence-corrected chi connectivity index (χ3v) is 3.18. The highest BCUT2D eigenvalue weighted by Gasteiger charge is 2.17. The number of hydrogen-bond donors (Lipinski definition) is 2. The minimum Gasteiger partial charge on any atom is -0.478 e. The van der Waals surface area contributed by atoms with Crippen LogP contribution < -0.4 is 4.90 Å². The van der Waals surface area contributed by atoms with Crippen LogP contribution in [0.4, 0.5) is 10.5 Å². The zero-order valence-corrected chi connectivity index (χ0v) is 12.4. The monoisotopic (exact) mass is 315 g/mol. The number of benzene rings is 2. The predicted molar refractivity (Wildman–Crippen MR) is 84.5 cm³/mol. The van der Waals surface area contributed by atoms with E-state index in [1.54, 1.807) is 0 Å². The molecule has 6 heteroatoms. The first-order chi connectivity index (χ1) is 11.1. The van der Waals surface area contributed by atoms with Crippen LogP contribution >= 0.6 is 0 Å². The molecule has 2 rings (SSSR count). The smallest absolute Gasteiger partial charge is 0.414 e. The molecular weight excluding hydrogens is 298 g/mol. The van der Waals surface area contributed by atoms with Crippen LogP contribution in [0.1, 0.15) is 15.9 Å². The minimum absolute atomic E-state index is 0.0556. The van der Waals surface area contributed by atoms with E-state index in [4.69, 9.17) is 14.9 Å². The third-order valence-electron chi connectivity index (χ3n) is 3.18. The highest BCUT2D eigenvalue weighted by atomic mass is 16.6. The number of carbonyl (C=O) groups is 2. The van der Waals surface area contributed by atoms with Crippen LogP contribution in [0.5, 0.6) is 0 Å². The lowest BCUT2D eigenvalue weighted by molar-refractivity contribution is 0.0697. The van der Waals surface area contributed by atoms with Crippen molar-refractivity contribution in [3.63, 3.8) is 0 Å². The van der Waals surface area contributed by atoms with Gasteiger partial charge in [0.25, 0.3) is 0 Å². The molecule has 0 bridgehead atoms. The average Bonchev–Trinajstić information content (AvgIpc) is 2.58. The Bertz CT molecular complexity index is 654. The van der Waals surface area contributed by atoms with E-state index in [-0.39, 0.29) is 25.3 Å². The summed E-state index contributed by atoms with van der Waals surface area (Å²) in [6.07, 6.45) is -0.606. The molecule has 0 radical (unpaired) electrons. The van der Waals surface area contributed by atoms with E-state index in [9.17, 15) is 9.59 Å². The fourth-order valence-corrected chi connectivity index (χ4v) is 2.01. The molecule has 0 saturated heterocycles. The maximum Gasteiger partial charge on any atom is 0.414 e. The summed E-state index contributed by atoms with van der Waals surface area (Å²) in [7, 11) is 0. The van der Waals surface area contributed by atoms with Crippen molar-refractivity contribution in [3.8, 4) is 0 Å². The first-order valence-corrected chi connectivity index (χ1v) is 7.04. The number of carboxylic acids is 1. The van der Waals surface area contributed by atoms with E-state index in [0.29, 0.717) is 5.69 Å². The first kappa shape index (κ1) is 16.5. The predicted octanol–water partition coefficient (Wildman–Crippen LogP) is 2.52. The molecule has 0 saturated carbocycles. The second-order valence-corrected chi connectivity index (χ2v) is 4.77. The Kier molecular flexibility index (Phi) is 5.71. The van der Waals surface area contributed by atoms with Gasteiger partial charge in [0.1, 0.15) is 6.61 Å². The fraction of sp³-hybridized carbons (Fsp3) is 0.176. The highest BCUT2D eigenvalue weighted by Crippen LogP contribution is 2.17. The van der Waals surface area contributed by atoms with Gasteiger partial charge in [0.15, 0.2) is 0 Å². The minimum atomic E-state index is -1.04. The summed E-state index contributed by atoms with van der Waals surface area (Å²) in [5.41, 5.74) is 1.43. The maximum absolute atomic E-state index is 12.2. The molecule has 120 valence electrons. The van der Waals surface area contributed by atoms with Crippen LogP contribution in [0.25, 0.3) is 0 Å². The second kappa shape index (κ2) is 7.95. The van der Waals surface area contributed by atoms with Crippen molar-refractivity contribution in [3.05, 3.63) is 65.7 Å². The maximum atomic E-state index is 12.2. The van der Waals surface area contributed by atoms with E-state index in [1.165, 1.54) is 29.2 Å². The first-order valence-electron chi connectivity index (χ1n) is 7.04. The van der Waals surface area contributed by atoms with Gasteiger partial charge >= 0.3 is 12.1 Å². The molecule has 2 aromatic carbocycles. The number of aromatic carboxylic acids is 1. The topological polar surface area (TPSA) is 87.1 Å². The average molecular weight is 315 g/mol. The molecule has 2 N–H and O–H groups in total. The largest absolute Gasteiger partial charge is 0.478 e. The summed E-state index contributed by atoms with van der Waals surface area (Å²) < 4.78 is 5.23. The molecular formula is C17H17NO5. The van der Waals surface area contributed by atoms with Crippen molar-refractivity contribution in [2.24, 2.45) is 0 Å². The van der Waals surface area contributed by atoms with Gasteiger partial charge in [-0.3, -0.25) is 4.90 Å². The van der Waals surface area contributed by atoms with Crippen molar-refractivity contribution in [1.82, 2.24) is 0 Å². The molecule has 1 amide bonds. The van der Waals surface area contributed by atoms with Crippen molar-refractivity contribution >= 4 is 17.7 Å². The summed E-state index contributed by atoms with van der Waals surface area (Å²) in [6, 6.07) is 15.0. The van der Waals surface area contributed by atoms with Gasteiger partial charge < -0.3 is 14.9 Å². The highest BCUT2D eigenvalue weighted by molar-refractivity contribution is 5.90. The Morgan fingerprint density at radius 2 is 1.65 bits per heavy atom. The molecule has 6 nitrogen and oxygen atoms in total. The van der Waals surface area contributed by atoms with Crippen LogP contribution in [0.2, 0.25) is 0 Å². The van der Waals surface area contributed by atoms with Crippen molar-refractivity contribution in [1.29, 1.82) is 0 Å². The molecule has 2 aromatic rings. The molecule has 0 unspecified atom stereocenters. The normalized spacial score (nSPS) is 10.1. The quantitative estimate of drug-likeness (QED) is 0.855. The molecule has 0 aromatic heterocycles. The van der Waals surface area contributed by atoms with Gasteiger partial charge in [0.2, 0.25) is 0 Å². The van der Waals surface area contributed by atoms with Gasteiger partial charge in [0.05, 0.1) is 18.7 Å². The van der Waals surface area contributed by atoms with Crippen LogP contribution in [0.3, 0.4) is 0 Å². The number of hydrogen-bond acceptors (Lipinski definition) is 4. The number of carboxylic acid groups (broad SMARTS) is 1. The van der Waals surface area contributed by atoms with Crippen molar-refractivity contribution < 1.29 is 24.5 Å². The summed E-state index contributed by atoms with van der Waals surface area (Å²) in [5.74, 6) is -1.04. The molecule has 0 aliphatic rings. The van der Waals surface area contributed by atoms with Crippen LogP contribution in [0.15, 0.2) is 54.6 Å². The van der Waals surface area contributed by atoms with E-state index in [0.717, 1.165) is 5.56 Å². The van der Waals surface area contributed by atoms with Gasteiger partial charge in [-0.2, -0.15) is 0 Å². The lowest BCUT2D eigenvalue weighted by atomic mass is 10.2. The number of anilines is 1. The number of amides is 1. The summed E-state index contributed by atoms with van der Waals surface area (Å²) >= 11 is 0. The number of aliphatic hydroxyl groups is 1. The lowest BCUT2D eigenvalue weighted by Gasteiger charge is -2.21. The Hall–Kier alpha value is -2.86. The van der Waals surface area contributed by atoms with Crippen LogP contribution in [0, 0.1) is 0 Å². The number of aliphatic hydroxyl groups excluding tert-OH is 1. The molecule has 0 atom stereocenters. The number of ether oxygens (including phenoxy) is 1. The van der Waals surface area contributed by atoms with Gasteiger partial charge in [-0.25, -0.2) is 9.59 Å². The Balaban J connectivity index is 2.07. The van der Waals surface area contributed by atoms with E-state index in [1.807, 2.05) is 30.3 Å². The molecule has 0 heterocycles. The standard InChI is InChI=1S/C17H17NO5/c19-11-10-18(15-8-6-14(7-9-15)16(20)21)17(22)23-12-13-4-2-1-3-5-13/h1-9,19H,10-12H2,(H,20,21). The van der Waals surface area contributed by atoms with Gasteiger partial charge in [-0.1, -0.05) is 30.3 Å². The molecule has 0 fully saturated rings. The lowest BCUT2D eigenvalue weighted by Crippen LogP contribution is -2.34. The van der Waals surface area contributed by atoms with Crippen molar-refractivity contribution in [2.45, 2.75) is 6.61 Å². The SMILES string of the molecule is O=C(O)c1ccc(N(CCO)C(=O)OCc2ccccc2)cc1. The molecule has 0 aliphatic carbocycles. The number of carbonyl (C=O) groups excluding carboxylic acids is 1. The van der Waals surface area contributed by atoms with E-state index < -0.39 is 12.1 Å². The van der Waals surface area contributed by atoms with Crippen molar-refractivity contribution in [2.75, 3.05) is 18.1 Å². The molecule has 0 spiro atoms. The van der Waals surface area contributed by atoms with E-state index >= 15 is 0 Å². The van der Waals surface area contributed by atoms with Gasteiger partial charge in [0, 0.05) is 5.69 Å². The zero-order chi connectivity index (χ0) is 16.7. The Morgan fingerprint density at radius 1 is 1.00 bits per heavy atom. The van der Waals surface area contributed by atoms with Gasteiger partial charge in [-0.15, -0.1) is 0 Å². The Morgan fingerprint density at radius 3 is 2.22 bits per heavy atom. The molecule has 0 aliphatic heterocycles. The Labute approximate surface area is 133 Å². The summed E-state index contributed by atoms with van der Waals surface area (Å²) in [4.78, 5) is 24.3. The van der Waals surface area contributed by atoms with Crippen LogP contribution in [-0.2, 0) is 11.3 Å². The summed E-state index contributed by atoms with van der Waals surface area (Å²) in [6.45, 7) is -0.0596. The molecule has 23 heavy (non-hydrogen) atoms. The number of nitrogens with zero attached hydrogens (tertiary/aromatic N) is 1. The fourth-order valence-electron chi connectivity index (χ4n) is 2.01. The zero-order valence-electron chi connectivity index (χ0n) is 12.4. The third kappa shape index (κ3) is 4.55. The number of rotatable bonds is 6. The van der Waals surface area contributed by atoms with E-state index in [2.05, 4.69) is 0 Å².